The molecule has 0 saturated carbocycles. The van der Waals surface area contributed by atoms with Crippen LogP contribution in [0.4, 0.5) is 0 Å². The molecular weight excluding hydrogens is 356 g/mol. The van der Waals surface area contributed by atoms with Gasteiger partial charge in [-0.05, 0) is 13.1 Å². The second-order valence-corrected chi connectivity index (χ2v) is 4.72. The molecule has 0 unspecified atom stereocenters. The number of aliphatic hydroxyl groups is 2. The summed E-state index contributed by atoms with van der Waals surface area (Å²) in [6, 6.07) is 0. The molecular formula is C14H28N2O10. The van der Waals surface area contributed by atoms with E-state index in [1.54, 1.807) is 0 Å². The van der Waals surface area contributed by atoms with Crippen molar-refractivity contribution in [2.75, 3.05) is 26.2 Å². The van der Waals surface area contributed by atoms with Crippen molar-refractivity contribution in [3.05, 3.63) is 0 Å². The number of carboxylic acids is 4. The lowest BCUT2D eigenvalue weighted by Crippen LogP contribution is -2.28. The number of aliphatic hydroxyl groups excluding tert-OH is 2. The van der Waals surface area contributed by atoms with Crippen LogP contribution in [0.5, 0.6) is 0 Å². The fourth-order valence-electron chi connectivity index (χ4n) is 1.23. The van der Waals surface area contributed by atoms with E-state index in [-0.39, 0.29) is 0 Å². The normalized spacial score (nSPS) is 11.9. The van der Waals surface area contributed by atoms with Gasteiger partial charge in [-0.3, -0.25) is 9.59 Å². The third-order valence-corrected chi connectivity index (χ3v) is 2.65. The van der Waals surface area contributed by atoms with E-state index < -0.39 is 48.9 Å². The van der Waals surface area contributed by atoms with Crippen molar-refractivity contribution >= 4 is 23.9 Å². The van der Waals surface area contributed by atoms with Crippen molar-refractivity contribution in [3.63, 3.8) is 0 Å². The lowest BCUT2D eigenvalue weighted by molar-refractivity contribution is -0.153. The second-order valence-electron chi connectivity index (χ2n) is 4.72. The fraction of sp³-hybridized carbons (Fsp3) is 0.714. The van der Waals surface area contributed by atoms with Gasteiger partial charge < -0.3 is 41.3 Å². The molecule has 0 aliphatic rings. The van der Waals surface area contributed by atoms with Crippen LogP contribution in [0.2, 0.25) is 0 Å². The van der Waals surface area contributed by atoms with Gasteiger partial charge in [0.25, 0.3) is 0 Å². The van der Waals surface area contributed by atoms with Gasteiger partial charge in [-0.2, -0.15) is 0 Å². The Hall–Kier alpha value is -2.28. The smallest absolute Gasteiger partial charge is 0.333 e. The highest BCUT2D eigenvalue weighted by atomic mass is 16.4. The van der Waals surface area contributed by atoms with Crippen molar-refractivity contribution in [2.24, 2.45) is 5.73 Å². The zero-order valence-corrected chi connectivity index (χ0v) is 14.7. The van der Waals surface area contributed by atoms with E-state index in [2.05, 4.69) is 18.7 Å². The molecule has 0 aromatic rings. The molecule has 0 aliphatic carbocycles. The van der Waals surface area contributed by atoms with E-state index in [9.17, 15) is 19.2 Å². The zero-order valence-electron chi connectivity index (χ0n) is 14.7. The molecule has 26 heavy (non-hydrogen) atoms. The van der Waals surface area contributed by atoms with Crippen molar-refractivity contribution in [2.45, 2.75) is 38.9 Å². The quantitative estimate of drug-likeness (QED) is 0.219. The van der Waals surface area contributed by atoms with Gasteiger partial charge in [-0.15, -0.1) is 0 Å². The Morgan fingerprint density at radius 2 is 1.12 bits per heavy atom. The number of rotatable bonds is 10. The van der Waals surface area contributed by atoms with E-state index >= 15 is 0 Å². The molecule has 0 fully saturated rings. The molecule has 0 radical (unpaired) electrons. The number of nitrogens with zero attached hydrogens (tertiary/aromatic N) is 1. The molecule has 0 aliphatic heterocycles. The first-order valence-corrected chi connectivity index (χ1v) is 7.60. The van der Waals surface area contributed by atoms with Gasteiger partial charge in [0.2, 0.25) is 0 Å². The lowest BCUT2D eigenvalue weighted by Gasteiger charge is -2.15. The van der Waals surface area contributed by atoms with Crippen LogP contribution in [0, 0.1) is 0 Å². The first kappa shape index (κ1) is 28.5. The maximum absolute atomic E-state index is 9.72. The average Bonchev–Trinajstić information content (AvgIpc) is 2.52. The highest BCUT2D eigenvalue weighted by molar-refractivity contribution is 5.79. The molecule has 0 aromatic carbocycles. The number of hydrogen-bond donors (Lipinski definition) is 7. The third-order valence-electron chi connectivity index (χ3n) is 2.65. The summed E-state index contributed by atoms with van der Waals surface area (Å²) < 4.78 is 0. The largest absolute Gasteiger partial charge is 0.481 e. The molecule has 0 rings (SSSR count). The van der Waals surface area contributed by atoms with Gasteiger partial charge in [-0.25, -0.2) is 9.59 Å². The molecule has 8 N–H and O–H groups in total. The summed E-state index contributed by atoms with van der Waals surface area (Å²) in [4.78, 5) is 41.1. The molecule has 0 heterocycles. The van der Waals surface area contributed by atoms with Gasteiger partial charge >= 0.3 is 23.9 Å². The first-order chi connectivity index (χ1) is 11.9. The summed E-state index contributed by atoms with van der Waals surface area (Å²) in [6.07, 6.45) is -5.09. The van der Waals surface area contributed by atoms with E-state index in [4.69, 9.17) is 36.4 Å². The minimum atomic E-state index is -1.79. The van der Waals surface area contributed by atoms with Crippen LogP contribution < -0.4 is 5.73 Å². The summed E-state index contributed by atoms with van der Waals surface area (Å²) in [5.74, 6) is -5.69. The Balaban J connectivity index is -0.000000306. The number of hydrogen-bond acceptors (Lipinski definition) is 8. The Kier molecular flexibility index (Phi) is 19.2. The maximum Gasteiger partial charge on any atom is 0.333 e. The second kappa shape index (κ2) is 17.5. The highest BCUT2D eigenvalue weighted by Crippen LogP contribution is 1.90. The number of carboxylic acid groups (broad SMARTS) is 4. The monoisotopic (exact) mass is 384 g/mol. The Morgan fingerprint density at radius 1 is 0.808 bits per heavy atom. The molecule has 2 atom stereocenters. The molecule has 0 bridgehead atoms. The number of aliphatic carboxylic acids is 4. The van der Waals surface area contributed by atoms with Crippen LogP contribution in [0.25, 0.3) is 0 Å². The third kappa shape index (κ3) is 21.7. The first-order valence-electron chi connectivity index (χ1n) is 7.60. The van der Waals surface area contributed by atoms with Crippen LogP contribution in [-0.4, -0.2) is 97.8 Å². The SMILES string of the molecule is CCN(CC)CCN.O=C(O)C[C@H](O)C(=O)O.O=C(O)C[C@H](O)C(=O)O. The lowest BCUT2D eigenvalue weighted by atomic mass is 10.3. The van der Waals surface area contributed by atoms with Crippen LogP contribution in [-0.2, 0) is 19.2 Å². The van der Waals surface area contributed by atoms with E-state index in [0.29, 0.717) is 0 Å². The Morgan fingerprint density at radius 3 is 1.19 bits per heavy atom. The van der Waals surface area contributed by atoms with Crippen molar-refractivity contribution in [1.82, 2.24) is 4.90 Å². The summed E-state index contributed by atoms with van der Waals surface area (Å²) in [5, 5.41) is 48.3. The molecule has 0 amide bonds. The number of nitrogens with two attached hydrogens (primary N) is 1. The predicted octanol–water partition coefficient (Wildman–Crippen LogP) is -1.90. The average molecular weight is 384 g/mol. The van der Waals surface area contributed by atoms with Crippen LogP contribution in [0.1, 0.15) is 26.7 Å². The molecule has 0 aromatic heterocycles. The van der Waals surface area contributed by atoms with Crippen molar-refractivity contribution in [3.8, 4) is 0 Å². The summed E-state index contributed by atoms with van der Waals surface area (Å²) in [7, 11) is 0. The van der Waals surface area contributed by atoms with Crippen LogP contribution in [0.15, 0.2) is 0 Å². The minimum absolute atomic E-state index is 0.755. The maximum atomic E-state index is 9.72. The predicted molar refractivity (Wildman–Crippen MR) is 88.6 cm³/mol. The minimum Gasteiger partial charge on any atom is -0.481 e. The van der Waals surface area contributed by atoms with Crippen LogP contribution >= 0.6 is 0 Å². The van der Waals surface area contributed by atoms with E-state index in [0.717, 1.165) is 26.2 Å². The van der Waals surface area contributed by atoms with Crippen molar-refractivity contribution < 1.29 is 49.8 Å². The van der Waals surface area contributed by atoms with E-state index in [1.165, 1.54) is 0 Å². The van der Waals surface area contributed by atoms with Gasteiger partial charge in [0.05, 0.1) is 12.8 Å². The van der Waals surface area contributed by atoms with Gasteiger partial charge in [-0.1, -0.05) is 13.8 Å². The zero-order chi connectivity index (χ0) is 21.3. The molecule has 12 heteroatoms. The summed E-state index contributed by atoms with van der Waals surface area (Å²) in [5.41, 5.74) is 5.34. The van der Waals surface area contributed by atoms with Gasteiger partial charge in [0.1, 0.15) is 0 Å². The molecule has 12 nitrogen and oxygen atoms in total. The van der Waals surface area contributed by atoms with E-state index in [1.807, 2.05) is 0 Å². The summed E-state index contributed by atoms with van der Waals surface area (Å²) in [6.45, 7) is 8.36. The Labute approximate surface area is 150 Å². The highest BCUT2D eigenvalue weighted by Gasteiger charge is 2.16. The molecule has 0 saturated heterocycles. The standard InChI is InChI=1S/C6H16N2.2C4H6O5/c1-3-8(4-2)6-5-7;2*5-2(4(8)9)1-3(6)7/h3-7H2,1-2H3;2*2,5H,1H2,(H,6,7)(H,8,9)/t;2*2-/m.00/s1. The molecule has 154 valence electrons. The topological polar surface area (TPSA) is 219 Å². The Bertz CT molecular complexity index is 394. The number of carbonyl (C=O) groups is 4. The molecule has 0 spiro atoms. The van der Waals surface area contributed by atoms with Gasteiger partial charge in [0, 0.05) is 13.1 Å². The van der Waals surface area contributed by atoms with Crippen molar-refractivity contribution in [1.29, 1.82) is 0 Å². The number of likely N-dealkylation sites (N-methyl/N-ethyl adjacent to an activating group) is 1. The van der Waals surface area contributed by atoms with Crippen LogP contribution in [0.3, 0.4) is 0 Å². The van der Waals surface area contributed by atoms with Gasteiger partial charge in [0.15, 0.2) is 12.2 Å². The fourth-order valence-corrected chi connectivity index (χ4v) is 1.23. The summed E-state index contributed by atoms with van der Waals surface area (Å²) >= 11 is 0.